The van der Waals surface area contributed by atoms with Crippen molar-refractivity contribution in [2.24, 2.45) is 0 Å². The van der Waals surface area contributed by atoms with Gasteiger partial charge in [-0.1, -0.05) is 25.8 Å². The lowest BCUT2D eigenvalue weighted by molar-refractivity contribution is 0.480. The number of unbranched alkanes of at least 4 members (excludes halogenated alkanes) is 3. The molecule has 0 saturated carbocycles. The van der Waals surface area contributed by atoms with Gasteiger partial charge in [-0.2, -0.15) is 8.42 Å². The number of hydrogen-bond acceptors (Lipinski definition) is 4. The SMILES string of the molecule is CCCCC/C=C/c1nc(CCCS(=O)(=O)O)c(C)o1. The molecule has 0 bridgehead atoms. The van der Waals surface area contributed by atoms with Crippen molar-refractivity contribution in [1.29, 1.82) is 0 Å². The summed E-state index contributed by atoms with van der Waals surface area (Å²) in [4.78, 5) is 4.32. The molecule has 0 fully saturated rings. The van der Waals surface area contributed by atoms with Crippen LogP contribution in [0.5, 0.6) is 0 Å². The third-order valence-corrected chi connectivity index (χ3v) is 3.76. The molecule has 0 radical (unpaired) electrons. The van der Waals surface area contributed by atoms with E-state index in [9.17, 15) is 8.42 Å². The van der Waals surface area contributed by atoms with Gasteiger partial charge in [0.1, 0.15) is 5.76 Å². The minimum atomic E-state index is -3.90. The van der Waals surface area contributed by atoms with Crippen molar-refractivity contribution in [2.45, 2.75) is 52.4 Å². The van der Waals surface area contributed by atoms with E-state index in [1.54, 1.807) is 0 Å². The van der Waals surface area contributed by atoms with Crippen LogP contribution < -0.4 is 0 Å². The summed E-state index contributed by atoms with van der Waals surface area (Å²) in [6.45, 7) is 3.98. The Labute approximate surface area is 120 Å². The maximum Gasteiger partial charge on any atom is 0.264 e. The summed E-state index contributed by atoms with van der Waals surface area (Å²) in [6.07, 6.45) is 9.31. The zero-order chi connectivity index (χ0) is 15.0. The average Bonchev–Trinajstić information content (AvgIpc) is 2.68. The molecule has 1 aromatic rings. The Bertz CT molecular complexity index is 531. The number of oxazole rings is 1. The Hall–Kier alpha value is -1.14. The van der Waals surface area contributed by atoms with Crippen LogP contribution in [-0.2, 0) is 16.5 Å². The van der Waals surface area contributed by atoms with Crippen LogP contribution in [-0.4, -0.2) is 23.7 Å². The van der Waals surface area contributed by atoms with E-state index < -0.39 is 10.1 Å². The lowest BCUT2D eigenvalue weighted by atomic mass is 10.2. The molecule has 0 aliphatic heterocycles. The van der Waals surface area contributed by atoms with Crippen LogP contribution in [0.3, 0.4) is 0 Å². The molecule has 0 aromatic carbocycles. The predicted octanol–water partition coefficient (Wildman–Crippen LogP) is 3.40. The fourth-order valence-electron chi connectivity index (χ4n) is 1.87. The lowest BCUT2D eigenvalue weighted by Crippen LogP contribution is -2.05. The highest BCUT2D eigenvalue weighted by Gasteiger charge is 2.10. The van der Waals surface area contributed by atoms with Crippen molar-refractivity contribution in [3.05, 3.63) is 23.4 Å². The third-order valence-electron chi connectivity index (χ3n) is 2.96. The molecular formula is C14H23NO4S. The zero-order valence-electron chi connectivity index (χ0n) is 12.1. The van der Waals surface area contributed by atoms with Crippen LogP contribution in [0.2, 0.25) is 0 Å². The van der Waals surface area contributed by atoms with Crippen LogP contribution >= 0.6 is 0 Å². The van der Waals surface area contributed by atoms with Gasteiger partial charge in [-0.15, -0.1) is 0 Å². The quantitative estimate of drug-likeness (QED) is 0.558. The van der Waals surface area contributed by atoms with Crippen molar-refractivity contribution < 1.29 is 17.4 Å². The molecule has 20 heavy (non-hydrogen) atoms. The monoisotopic (exact) mass is 301 g/mol. The van der Waals surface area contributed by atoms with Gasteiger partial charge in [0.05, 0.1) is 11.4 Å². The van der Waals surface area contributed by atoms with E-state index in [4.69, 9.17) is 8.97 Å². The summed E-state index contributed by atoms with van der Waals surface area (Å²) in [5, 5.41) is 0. The van der Waals surface area contributed by atoms with Gasteiger partial charge >= 0.3 is 0 Å². The van der Waals surface area contributed by atoms with Crippen molar-refractivity contribution in [3.8, 4) is 0 Å². The number of hydrogen-bond donors (Lipinski definition) is 1. The second kappa shape index (κ2) is 8.21. The van der Waals surface area contributed by atoms with Gasteiger partial charge in [-0.3, -0.25) is 4.55 Å². The second-order valence-corrected chi connectivity index (χ2v) is 6.41. The van der Waals surface area contributed by atoms with E-state index in [2.05, 4.69) is 11.9 Å². The third kappa shape index (κ3) is 6.86. The largest absolute Gasteiger partial charge is 0.442 e. The Kier molecular flexibility index (Phi) is 6.95. The smallest absolute Gasteiger partial charge is 0.264 e. The normalized spacial score (nSPS) is 12.3. The maximum atomic E-state index is 10.6. The first-order valence-corrected chi connectivity index (χ1v) is 8.61. The van der Waals surface area contributed by atoms with E-state index in [0.29, 0.717) is 24.5 Å². The van der Waals surface area contributed by atoms with Gasteiger partial charge in [-0.05, 0) is 38.7 Å². The molecule has 1 rings (SSSR count). The molecule has 5 nitrogen and oxygen atoms in total. The number of aromatic nitrogens is 1. The molecule has 1 aromatic heterocycles. The topological polar surface area (TPSA) is 80.4 Å². The van der Waals surface area contributed by atoms with Crippen LogP contribution in [0.25, 0.3) is 6.08 Å². The van der Waals surface area contributed by atoms with Gasteiger partial charge in [0.2, 0.25) is 5.89 Å². The number of allylic oxidation sites excluding steroid dienone is 1. The minimum Gasteiger partial charge on any atom is -0.442 e. The molecule has 0 unspecified atom stereocenters. The highest BCUT2D eigenvalue weighted by atomic mass is 32.2. The molecule has 0 amide bonds. The summed E-state index contributed by atoms with van der Waals surface area (Å²) in [5.41, 5.74) is 0.752. The van der Waals surface area contributed by atoms with Crippen LogP contribution in [0.15, 0.2) is 10.5 Å². The van der Waals surface area contributed by atoms with E-state index in [1.165, 1.54) is 12.8 Å². The maximum absolute atomic E-state index is 10.6. The highest BCUT2D eigenvalue weighted by Crippen LogP contribution is 2.14. The van der Waals surface area contributed by atoms with Crippen LogP contribution in [0.1, 0.15) is 56.4 Å². The van der Waals surface area contributed by atoms with Gasteiger partial charge in [0, 0.05) is 0 Å². The molecular weight excluding hydrogens is 278 g/mol. The standard InChI is InChI=1S/C14H23NO4S/c1-3-4-5-6-7-10-14-15-13(12(2)19-14)9-8-11-20(16,17)18/h7,10H,3-6,8-9,11H2,1-2H3,(H,16,17,18)/b10-7+. The lowest BCUT2D eigenvalue weighted by Gasteiger charge is -1.95. The molecule has 0 saturated heterocycles. The Morgan fingerprint density at radius 3 is 2.70 bits per heavy atom. The second-order valence-electron chi connectivity index (χ2n) is 4.84. The molecule has 0 atom stereocenters. The van der Waals surface area contributed by atoms with E-state index >= 15 is 0 Å². The van der Waals surface area contributed by atoms with E-state index in [-0.39, 0.29) is 5.75 Å². The summed E-state index contributed by atoms with van der Waals surface area (Å²) >= 11 is 0. The molecule has 0 aliphatic rings. The highest BCUT2D eigenvalue weighted by molar-refractivity contribution is 7.85. The molecule has 0 spiro atoms. The van der Waals surface area contributed by atoms with Crippen LogP contribution in [0, 0.1) is 6.92 Å². The summed E-state index contributed by atoms with van der Waals surface area (Å²) in [6, 6.07) is 0. The van der Waals surface area contributed by atoms with E-state index in [1.807, 2.05) is 19.1 Å². The van der Waals surface area contributed by atoms with Crippen LogP contribution in [0.4, 0.5) is 0 Å². The summed E-state index contributed by atoms with van der Waals surface area (Å²) in [5.74, 6) is 1.01. The number of aryl methyl sites for hydroxylation is 2. The molecule has 6 heteroatoms. The number of nitrogens with zero attached hydrogens (tertiary/aromatic N) is 1. The molecule has 1 heterocycles. The first-order valence-electron chi connectivity index (χ1n) is 7.00. The van der Waals surface area contributed by atoms with Crippen molar-refractivity contribution in [2.75, 3.05) is 5.75 Å². The predicted molar refractivity (Wildman–Crippen MR) is 79.2 cm³/mol. The first-order chi connectivity index (χ1) is 9.42. The molecule has 0 aliphatic carbocycles. The zero-order valence-corrected chi connectivity index (χ0v) is 12.9. The molecule has 1 N–H and O–H groups in total. The fraction of sp³-hybridized carbons (Fsp3) is 0.643. The minimum absolute atomic E-state index is 0.249. The average molecular weight is 301 g/mol. The van der Waals surface area contributed by atoms with Gasteiger partial charge in [0.15, 0.2) is 0 Å². The fourth-order valence-corrected chi connectivity index (χ4v) is 2.38. The van der Waals surface area contributed by atoms with Gasteiger partial charge in [0.25, 0.3) is 10.1 Å². The molecule has 114 valence electrons. The van der Waals surface area contributed by atoms with Gasteiger partial charge in [-0.25, -0.2) is 4.98 Å². The Balaban J connectivity index is 2.46. The summed E-state index contributed by atoms with van der Waals surface area (Å²) in [7, 11) is -3.90. The van der Waals surface area contributed by atoms with Crippen molar-refractivity contribution >= 4 is 16.2 Å². The number of rotatable bonds is 9. The first kappa shape index (κ1) is 16.9. The van der Waals surface area contributed by atoms with Gasteiger partial charge < -0.3 is 4.42 Å². The Morgan fingerprint density at radius 2 is 2.05 bits per heavy atom. The summed E-state index contributed by atoms with van der Waals surface area (Å²) < 4.78 is 35.4. The van der Waals surface area contributed by atoms with Crippen molar-refractivity contribution in [3.63, 3.8) is 0 Å². The Morgan fingerprint density at radius 1 is 1.30 bits per heavy atom. The van der Waals surface area contributed by atoms with E-state index in [0.717, 1.165) is 18.5 Å². The van der Waals surface area contributed by atoms with Crippen molar-refractivity contribution in [1.82, 2.24) is 4.98 Å².